The Balaban J connectivity index is 2.15. The van der Waals surface area contributed by atoms with Crippen molar-refractivity contribution >= 4 is 0 Å². The Bertz CT molecular complexity index is 264. The first-order valence-corrected chi connectivity index (χ1v) is 5.59. The van der Waals surface area contributed by atoms with Crippen LogP contribution in [0.1, 0.15) is 30.4 Å². The number of aromatic nitrogens is 1. The summed E-state index contributed by atoms with van der Waals surface area (Å²) in [7, 11) is 0. The molecule has 0 spiro atoms. The minimum Gasteiger partial charge on any atom is -0.361 e. The molecule has 0 bridgehead atoms. The molecule has 0 aliphatic carbocycles. The molecule has 0 saturated heterocycles. The Morgan fingerprint density at radius 3 is 2.47 bits per heavy atom. The van der Waals surface area contributed by atoms with Gasteiger partial charge >= 0.3 is 0 Å². The minimum atomic E-state index is 0.842. The van der Waals surface area contributed by atoms with Gasteiger partial charge in [0.05, 0.1) is 5.69 Å². The summed E-state index contributed by atoms with van der Waals surface area (Å²) in [6.45, 7) is 10.0. The van der Waals surface area contributed by atoms with Gasteiger partial charge in [-0.05, 0) is 26.8 Å². The van der Waals surface area contributed by atoms with Gasteiger partial charge in [-0.3, -0.25) is 0 Å². The van der Waals surface area contributed by atoms with Gasteiger partial charge in [-0.15, -0.1) is 0 Å². The lowest BCUT2D eigenvalue weighted by Gasteiger charge is -2.05. The molecule has 0 atom stereocenters. The van der Waals surface area contributed by atoms with Crippen molar-refractivity contribution in [3.8, 4) is 0 Å². The van der Waals surface area contributed by atoms with Gasteiger partial charge in [-0.2, -0.15) is 0 Å². The second kappa shape index (κ2) is 6.58. The lowest BCUT2D eigenvalue weighted by Crippen LogP contribution is -2.27. The molecule has 1 aromatic rings. The van der Waals surface area contributed by atoms with Crippen LogP contribution in [0.3, 0.4) is 0 Å². The predicted octanol–water partition coefficient (Wildman–Crippen LogP) is 1.38. The highest BCUT2D eigenvalue weighted by atomic mass is 16.5. The third-order valence-electron chi connectivity index (χ3n) is 2.39. The van der Waals surface area contributed by atoms with Gasteiger partial charge in [0.15, 0.2) is 0 Å². The minimum absolute atomic E-state index is 0.842. The van der Waals surface area contributed by atoms with Crippen LogP contribution >= 0.6 is 0 Å². The highest BCUT2D eigenvalue weighted by molar-refractivity contribution is 5.20. The molecular formula is C11H21N3O. The fourth-order valence-electron chi connectivity index (χ4n) is 1.45. The van der Waals surface area contributed by atoms with E-state index in [2.05, 4.69) is 22.7 Å². The standard InChI is InChI=1S/C11H21N3O/c1-4-5-12-6-7-13-8-11-9(2)14-15-10(11)3/h12-13H,4-8H2,1-3H3. The summed E-state index contributed by atoms with van der Waals surface area (Å²) in [6, 6.07) is 0. The topological polar surface area (TPSA) is 50.1 Å². The van der Waals surface area contributed by atoms with E-state index in [1.165, 1.54) is 12.0 Å². The zero-order chi connectivity index (χ0) is 11.1. The van der Waals surface area contributed by atoms with Crippen LogP contribution in [0, 0.1) is 13.8 Å². The molecule has 0 aliphatic heterocycles. The molecule has 1 aromatic heterocycles. The van der Waals surface area contributed by atoms with Crippen LogP contribution in [0.15, 0.2) is 4.52 Å². The molecule has 0 aliphatic rings. The molecule has 0 fully saturated rings. The summed E-state index contributed by atoms with van der Waals surface area (Å²) >= 11 is 0. The normalized spacial score (nSPS) is 10.9. The van der Waals surface area contributed by atoms with Crippen LogP contribution in [0.2, 0.25) is 0 Å². The van der Waals surface area contributed by atoms with Crippen molar-refractivity contribution in [3.63, 3.8) is 0 Å². The van der Waals surface area contributed by atoms with Gasteiger partial charge in [0.1, 0.15) is 5.76 Å². The average molecular weight is 211 g/mol. The summed E-state index contributed by atoms with van der Waals surface area (Å²) in [5.74, 6) is 0.918. The maximum absolute atomic E-state index is 5.09. The Kier molecular flexibility index (Phi) is 5.36. The third kappa shape index (κ3) is 4.01. The molecule has 15 heavy (non-hydrogen) atoms. The second-order valence-electron chi connectivity index (χ2n) is 3.73. The van der Waals surface area contributed by atoms with Crippen LogP contribution in [-0.4, -0.2) is 24.8 Å². The lowest BCUT2D eigenvalue weighted by molar-refractivity contribution is 0.392. The number of hydrogen-bond donors (Lipinski definition) is 2. The van der Waals surface area contributed by atoms with Gasteiger partial charge in [-0.25, -0.2) is 0 Å². The number of hydrogen-bond acceptors (Lipinski definition) is 4. The summed E-state index contributed by atoms with van der Waals surface area (Å²) in [6.07, 6.45) is 1.18. The van der Waals surface area contributed by atoms with Gasteiger partial charge in [0.25, 0.3) is 0 Å². The number of aryl methyl sites for hydroxylation is 2. The summed E-state index contributed by atoms with van der Waals surface area (Å²) in [4.78, 5) is 0. The van der Waals surface area contributed by atoms with Crippen LogP contribution < -0.4 is 10.6 Å². The molecule has 86 valence electrons. The fourth-order valence-corrected chi connectivity index (χ4v) is 1.45. The van der Waals surface area contributed by atoms with Crippen LogP contribution in [0.4, 0.5) is 0 Å². The monoisotopic (exact) mass is 211 g/mol. The third-order valence-corrected chi connectivity index (χ3v) is 2.39. The largest absolute Gasteiger partial charge is 0.361 e. The van der Waals surface area contributed by atoms with Crippen LogP contribution in [0.25, 0.3) is 0 Å². The van der Waals surface area contributed by atoms with Gasteiger partial charge in [-0.1, -0.05) is 12.1 Å². The maximum Gasteiger partial charge on any atom is 0.138 e. The van der Waals surface area contributed by atoms with E-state index in [9.17, 15) is 0 Å². The Morgan fingerprint density at radius 2 is 1.87 bits per heavy atom. The van der Waals surface area contributed by atoms with Crippen molar-refractivity contribution in [3.05, 3.63) is 17.0 Å². The zero-order valence-corrected chi connectivity index (χ0v) is 9.89. The maximum atomic E-state index is 5.09. The molecule has 0 saturated carbocycles. The van der Waals surface area contributed by atoms with E-state index in [1.807, 2.05) is 13.8 Å². The molecular weight excluding hydrogens is 190 g/mol. The smallest absolute Gasteiger partial charge is 0.138 e. The molecule has 0 amide bonds. The molecule has 1 heterocycles. The molecule has 0 aromatic carbocycles. The highest BCUT2D eigenvalue weighted by Crippen LogP contribution is 2.10. The van der Waals surface area contributed by atoms with Gasteiger partial charge in [0.2, 0.25) is 0 Å². The van der Waals surface area contributed by atoms with Crippen LogP contribution in [0.5, 0.6) is 0 Å². The van der Waals surface area contributed by atoms with Crippen molar-refractivity contribution in [2.45, 2.75) is 33.7 Å². The van der Waals surface area contributed by atoms with Crippen LogP contribution in [-0.2, 0) is 6.54 Å². The molecule has 0 unspecified atom stereocenters. The Morgan fingerprint density at radius 1 is 1.13 bits per heavy atom. The number of nitrogens with one attached hydrogen (secondary N) is 2. The van der Waals surface area contributed by atoms with E-state index in [0.717, 1.165) is 37.6 Å². The van der Waals surface area contributed by atoms with E-state index < -0.39 is 0 Å². The van der Waals surface area contributed by atoms with E-state index in [1.54, 1.807) is 0 Å². The zero-order valence-electron chi connectivity index (χ0n) is 9.89. The van der Waals surface area contributed by atoms with E-state index in [4.69, 9.17) is 4.52 Å². The molecule has 1 rings (SSSR count). The van der Waals surface area contributed by atoms with E-state index in [-0.39, 0.29) is 0 Å². The van der Waals surface area contributed by atoms with Gasteiger partial charge in [0, 0.05) is 25.2 Å². The fraction of sp³-hybridized carbons (Fsp3) is 0.727. The summed E-state index contributed by atoms with van der Waals surface area (Å²) in [5, 5.41) is 10.6. The molecule has 4 nitrogen and oxygen atoms in total. The molecule has 0 radical (unpaired) electrons. The first-order valence-electron chi connectivity index (χ1n) is 5.59. The number of rotatable bonds is 7. The van der Waals surface area contributed by atoms with Crippen molar-refractivity contribution in [2.75, 3.05) is 19.6 Å². The number of nitrogens with zero attached hydrogens (tertiary/aromatic N) is 1. The van der Waals surface area contributed by atoms with Gasteiger partial charge < -0.3 is 15.2 Å². The quantitative estimate of drug-likeness (QED) is 0.669. The lowest BCUT2D eigenvalue weighted by atomic mass is 10.2. The summed E-state index contributed by atoms with van der Waals surface area (Å²) in [5.41, 5.74) is 2.17. The first kappa shape index (κ1) is 12.2. The average Bonchev–Trinajstić information content (AvgIpc) is 2.54. The molecule has 4 heteroatoms. The summed E-state index contributed by atoms with van der Waals surface area (Å²) < 4.78 is 5.09. The van der Waals surface area contributed by atoms with Crippen molar-refractivity contribution in [2.24, 2.45) is 0 Å². The van der Waals surface area contributed by atoms with Crippen molar-refractivity contribution in [1.82, 2.24) is 15.8 Å². The van der Waals surface area contributed by atoms with Crippen molar-refractivity contribution < 1.29 is 4.52 Å². The van der Waals surface area contributed by atoms with E-state index >= 15 is 0 Å². The predicted molar refractivity (Wildman–Crippen MR) is 60.8 cm³/mol. The second-order valence-corrected chi connectivity index (χ2v) is 3.73. The molecule has 2 N–H and O–H groups in total. The first-order chi connectivity index (χ1) is 7.25. The Labute approximate surface area is 91.4 Å². The SMILES string of the molecule is CCCNCCNCc1c(C)noc1C. The van der Waals surface area contributed by atoms with E-state index in [0.29, 0.717) is 0 Å². The Hall–Kier alpha value is -0.870. The van der Waals surface area contributed by atoms with Crippen molar-refractivity contribution in [1.29, 1.82) is 0 Å². The highest BCUT2D eigenvalue weighted by Gasteiger charge is 2.07.